The highest BCUT2D eigenvalue weighted by Gasteiger charge is 2.13. The van der Waals surface area contributed by atoms with Crippen LogP contribution in [0.4, 0.5) is 0 Å². The van der Waals surface area contributed by atoms with E-state index in [0.717, 1.165) is 0 Å². The van der Waals surface area contributed by atoms with Crippen molar-refractivity contribution in [3.8, 4) is 11.5 Å². The second-order valence-corrected chi connectivity index (χ2v) is 4.35. The van der Waals surface area contributed by atoms with Gasteiger partial charge in [-0.1, -0.05) is 0 Å². The minimum atomic E-state index is -0.576. The van der Waals surface area contributed by atoms with Gasteiger partial charge < -0.3 is 19.0 Å². The highest BCUT2D eigenvalue weighted by Crippen LogP contribution is 2.29. The topological polar surface area (TPSA) is 68.9 Å². The maximum absolute atomic E-state index is 12.0. The SMILES string of the molecule is COc1cc(OC)c2c(=O)oc(C[C@H](C)O)cc2c1. The number of methoxy groups -OCH3 is 2. The Balaban J connectivity index is 2.69. The highest BCUT2D eigenvalue weighted by atomic mass is 16.5. The highest BCUT2D eigenvalue weighted by molar-refractivity contribution is 5.88. The van der Waals surface area contributed by atoms with Gasteiger partial charge in [-0.25, -0.2) is 4.79 Å². The lowest BCUT2D eigenvalue weighted by Crippen LogP contribution is -2.09. The molecule has 1 aromatic carbocycles. The predicted octanol–water partition coefficient (Wildman–Crippen LogP) is 1.73. The van der Waals surface area contributed by atoms with Crippen LogP contribution in [-0.2, 0) is 6.42 Å². The van der Waals surface area contributed by atoms with Crippen molar-refractivity contribution in [2.75, 3.05) is 14.2 Å². The molecule has 0 amide bonds. The molecule has 0 radical (unpaired) electrons. The van der Waals surface area contributed by atoms with Crippen molar-refractivity contribution < 1.29 is 19.0 Å². The number of benzene rings is 1. The van der Waals surface area contributed by atoms with Gasteiger partial charge >= 0.3 is 5.63 Å². The number of aliphatic hydroxyl groups excluding tert-OH is 1. The fourth-order valence-corrected chi connectivity index (χ4v) is 1.99. The van der Waals surface area contributed by atoms with E-state index in [4.69, 9.17) is 13.9 Å². The Morgan fingerprint density at radius 3 is 2.58 bits per heavy atom. The van der Waals surface area contributed by atoms with Crippen LogP contribution in [0.25, 0.3) is 10.8 Å². The zero-order valence-electron chi connectivity index (χ0n) is 11.1. The third kappa shape index (κ3) is 2.71. The fourth-order valence-electron chi connectivity index (χ4n) is 1.99. The number of aliphatic hydroxyl groups is 1. The van der Waals surface area contributed by atoms with Gasteiger partial charge in [0, 0.05) is 12.5 Å². The molecule has 5 nitrogen and oxygen atoms in total. The van der Waals surface area contributed by atoms with E-state index in [1.807, 2.05) is 0 Å². The zero-order chi connectivity index (χ0) is 14.0. The van der Waals surface area contributed by atoms with Crippen molar-refractivity contribution in [1.29, 1.82) is 0 Å². The lowest BCUT2D eigenvalue weighted by Gasteiger charge is -2.09. The minimum Gasteiger partial charge on any atom is -0.497 e. The van der Waals surface area contributed by atoms with Gasteiger partial charge in [-0.3, -0.25) is 0 Å². The van der Waals surface area contributed by atoms with Gasteiger partial charge in [0.25, 0.3) is 0 Å². The first-order chi connectivity index (χ1) is 9.05. The molecule has 0 fully saturated rings. The number of hydrogen-bond acceptors (Lipinski definition) is 5. The monoisotopic (exact) mass is 264 g/mol. The molecule has 0 spiro atoms. The van der Waals surface area contributed by atoms with E-state index in [1.165, 1.54) is 7.11 Å². The van der Waals surface area contributed by atoms with E-state index in [9.17, 15) is 9.90 Å². The van der Waals surface area contributed by atoms with E-state index in [2.05, 4.69) is 0 Å². The summed E-state index contributed by atoms with van der Waals surface area (Å²) in [5, 5.41) is 10.4. The maximum Gasteiger partial charge on any atom is 0.347 e. The largest absolute Gasteiger partial charge is 0.497 e. The summed E-state index contributed by atoms with van der Waals surface area (Å²) in [6.07, 6.45) is -0.293. The quantitative estimate of drug-likeness (QED) is 0.910. The summed E-state index contributed by atoms with van der Waals surface area (Å²) >= 11 is 0. The van der Waals surface area contributed by atoms with Gasteiger partial charge in [-0.05, 0) is 24.4 Å². The summed E-state index contributed by atoms with van der Waals surface area (Å²) < 4.78 is 15.5. The van der Waals surface area contributed by atoms with E-state index in [0.29, 0.717) is 28.0 Å². The lowest BCUT2D eigenvalue weighted by molar-refractivity contribution is 0.186. The van der Waals surface area contributed by atoms with Gasteiger partial charge in [0.2, 0.25) is 0 Å². The summed E-state index contributed by atoms with van der Waals surface area (Å²) in [6, 6.07) is 5.09. The summed E-state index contributed by atoms with van der Waals surface area (Å²) in [7, 11) is 3.03. The first-order valence-electron chi connectivity index (χ1n) is 5.92. The van der Waals surface area contributed by atoms with E-state index in [-0.39, 0.29) is 6.42 Å². The van der Waals surface area contributed by atoms with Crippen LogP contribution in [0, 0.1) is 0 Å². The van der Waals surface area contributed by atoms with Crippen molar-refractivity contribution >= 4 is 10.8 Å². The Morgan fingerprint density at radius 1 is 1.26 bits per heavy atom. The molecule has 102 valence electrons. The molecule has 1 atom stereocenters. The predicted molar refractivity (Wildman–Crippen MR) is 71.0 cm³/mol. The van der Waals surface area contributed by atoms with E-state index < -0.39 is 11.7 Å². The molecule has 0 aliphatic rings. The van der Waals surface area contributed by atoms with Crippen molar-refractivity contribution in [1.82, 2.24) is 0 Å². The van der Waals surface area contributed by atoms with E-state index in [1.54, 1.807) is 32.2 Å². The molecule has 0 unspecified atom stereocenters. The third-order valence-electron chi connectivity index (χ3n) is 2.80. The molecular weight excluding hydrogens is 248 g/mol. The molecule has 0 aliphatic heterocycles. The average molecular weight is 264 g/mol. The van der Waals surface area contributed by atoms with Gasteiger partial charge in [-0.2, -0.15) is 0 Å². The van der Waals surface area contributed by atoms with Crippen LogP contribution in [-0.4, -0.2) is 25.4 Å². The molecule has 2 aromatic rings. The van der Waals surface area contributed by atoms with Crippen LogP contribution >= 0.6 is 0 Å². The first-order valence-corrected chi connectivity index (χ1v) is 5.92. The van der Waals surface area contributed by atoms with Crippen LogP contribution in [0.5, 0.6) is 11.5 Å². The standard InChI is InChI=1S/C14H16O5/c1-8(15)4-11-6-9-5-10(17-2)7-12(18-3)13(9)14(16)19-11/h5-8,15H,4H2,1-3H3/t8-/m0/s1. The summed E-state index contributed by atoms with van der Waals surface area (Å²) in [5.41, 5.74) is -0.479. The minimum absolute atomic E-state index is 0.282. The average Bonchev–Trinajstić information content (AvgIpc) is 2.36. The molecule has 5 heteroatoms. The third-order valence-corrected chi connectivity index (χ3v) is 2.80. The van der Waals surface area contributed by atoms with Gasteiger partial charge in [0.15, 0.2) is 0 Å². The van der Waals surface area contributed by atoms with Crippen LogP contribution < -0.4 is 15.1 Å². The number of ether oxygens (including phenoxy) is 2. The molecule has 1 aromatic heterocycles. The number of fused-ring (bicyclic) bond motifs is 1. The molecular formula is C14H16O5. The van der Waals surface area contributed by atoms with Crippen LogP contribution in [0.1, 0.15) is 12.7 Å². The first kappa shape index (κ1) is 13.4. The summed E-state index contributed by atoms with van der Waals surface area (Å²) in [5.74, 6) is 1.44. The van der Waals surface area contributed by atoms with Crippen LogP contribution in [0.15, 0.2) is 27.4 Å². The smallest absolute Gasteiger partial charge is 0.347 e. The number of rotatable bonds is 4. The summed E-state index contributed by atoms with van der Waals surface area (Å²) in [4.78, 5) is 12.0. The van der Waals surface area contributed by atoms with Gasteiger partial charge in [0.1, 0.15) is 22.6 Å². The van der Waals surface area contributed by atoms with Crippen molar-refractivity contribution in [3.05, 3.63) is 34.4 Å². The molecule has 1 heterocycles. The molecule has 0 aliphatic carbocycles. The normalized spacial score (nSPS) is 12.4. The Morgan fingerprint density at radius 2 is 2.00 bits per heavy atom. The lowest BCUT2D eigenvalue weighted by atomic mass is 10.1. The number of hydrogen-bond donors (Lipinski definition) is 1. The van der Waals surface area contributed by atoms with E-state index >= 15 is 0 Å². The van der Waals surface area contributed by atoms with Crippen LogP contribution in [0.3, 0.4) is 0 Å². The van der Waals surface area contributed by atoms with Crippen molar-refractivity contribution in [2.45, 2.75) is 19.4 Å². The Labute approximate surface area is 110 Å². The zero-order valence-corrected chi connectivity index (χ0v) is 11.1. The molecule has 19 heavy (non-hydrogen) atoms. The van der Waals surface area contributed by atoms with Gasteiger partial charge in [-0.15, -0.1) is 0 Å². The fraction of sp³-hybridized carbons (Fsp3) is 0.357. The molecule has 2 rings (SSSR count). The molecule has 1 N–H and O–H groups in total. The summed E-state index contributed by atoms with van der Waals surface area (Å²) in [6.45, 7) is 1.64. The van der Waals surface area contributed by atoms with Gasteiger partial charge in [0.05, 0.1) is 20.3 Å². The molecule has 0 saturated carbocycles. The Kier molecular flexibility index (Phi) is 3.76. The van der Waals surface area contributed by atoms with Crippen molar-refractivity contribution in [3.63, 3.8) is 0 Å². The van der Waals surface area contributed by atoms with Crippen LogP contribution in [0.2, 0.25) is 0 Å². The Hall–Kier alpha value is -2.01. The Bertz CT molecular complexity index is 642. The van der Waals surface area contributed by atoms with Crippen molar-refractivity contribution in [2.24, 2.45) is 0 Å². The molecule has 0 saturated heterocycles. The second-order valence-electron chi connectivity index (χ2n) is 4.35. The molecule has 0 bridgehead atoms. The maximum atomic E-state index is 12.0. The second kappa shape index (κ2) is 5.32.